The number of amides is 1. The summed E-state index contributed by atoms with van der Waals surface area (Å²) in [7, 11) is 1.94. The third-order valence-electron chi connectivity index (χ3n) is 3.89. The van der Waals surface area contributed by atoms with Crippen LogP contribution in [0.15, 0.2) is 6.07 Å². The molecule has 0 spiro atoms. The maximum Gasteiger partial charge on any atom is 0.274 e. The molecule has 1 saturated heterocycles. The largest absolute Gasteiger partial charge is 0.332 e. The van der Waals surface area contributed by atoms with Gasteiger partial charge in [0, 0.05) is 44.3 Å². The molecule has 0 radical (unpaired) electrons. The fourth-order valence-electron chi connectivity index (χ4n) is 2.64. The lowest BCUT2D eigenvalue weighted by Crippen LogP contribution is -2.52. The van der Waals surface area contributed by atoms with Gasteiger partial charge in [0.15, 0.2) is 5.69 Å². The van der Waals surface area contributed by atoms with Gasteiger partial charge in [-0.3, -0.25) is 9.48 Å². The summed E-state index contributed by atoms with van der Waals surface area (Å²) < 4.78 is 1.87. The van der Waals surface area contributed by atoms with Gasteiger partial charge in [0.2, 0.25) is 0 Å². The molecule has 0 bridgehead atoms. The van der Waals surface area contributed by atoms with Crippen LogP contribution in [0, 0.1) is 0 Å². The van der Waals surface area contributed by atoms with Crippen molar-refractivity contribution in [3.63, 3.8) is 0 Å². The van der Waals surface area contributed by atoms with Gasteiger partial charge in [0.05, 0.1) is 0 Å². The van der Waals surface area contributed by atoms with Gasteiger partial charge in [0.25, 0.3) is 5.91 Å². The highest BCUT2D eigenvalue weighted by Crippen LogP contribution is 2.40. The minimum absolute atomic E-state index is 0.0755. The molecular formula is C13H20N4O. The fraction of sp³-hybridized carbons (Fsp3) is 0.692. The Morgan fingerprint density at radius 3 is 2.94 bits per heavy atom. The van der Waals surface area contributed by atoms with Crippen LogP contribution in [-0.4, -0.2) is 46.3 Å². The lowest BCUT2D eigenvalue weighted by molar-refractivity contribution is 0.0649. The molecule has 2 heterocycles. The minimum atomic E-state index is 0.0755. The van der Waals surface area contributed by atoms with Crippen LogP contribution in [0.25, 0.3) is 0 Å². The number of nitrogens with one attached hydrogen (secondary N) is 1. The van der Waals surface area contributed by atoms with Crippen molar-refractivity contribution in [1.29, 1.82) is 0 Å². The number of aryl methyl sites for hydroxylation is 1. The summed E-state index contributed by atoms with van der Waals surface area (Å²) in [6, 6.07) is 2.23. The van der Waals surface area contributed by atoms with Crippen molar-refractivity contribution >= 4 is 5.91 Å². The molecule has 1 aliphatic carbocycles. The van der Waals surface area contributed by atoms with Crippen molar-refractivity contribution in [2.24, 2.45) is 7.05 Å². The Kier molecular flexibility index (Phi) is 2.86. The summed E-state index contributed by atoms with van der Waals surface area (Å²) in [5.41, 5.74) is 1.81. The Balaban J connectivity index is 1.80. The molecule has 18 heavy (non-hydrogen) atoms. The minimum Gasteiger partial charge on any atom is -0.332 e. The van der Waals surface area contributed by atoms with Gasteiger partial charge in [-0.05, 0) is 25.8 Å². The molecule has 1 aromatic heterocycles. The van der Waals surface area contributed by atoms with Crippen molar-refractivity contribution in [3.05, 3.63) is 17.5 Å². The van der Waals surface area contributed by atoms with Crippen molar-refractivity contribution in [1.82, 2.24) is 20.0 Å². The zero-order valence-corrected chi connectivity index (χ0v) is 11.0. The summed E-state index contributed by atoms with van der Waals surface area (Å²) in [6.07, 6.45) is 2.47. The summed E-state index contributed by atoms with van der Waals surface area (Å²) >= 11 is 0. The van der Waals surface area contributed by atoms with E-state index in [2.05, 4.69) is 17.3 Å². The van der Waals surface area contributed by atoms with E-state index in [9.17, 15) is 4.79 Å². The molecule has 5 heteroatoms. The molecule has 1 amide bonds. The van der Waals surface area contributed by atoms with E-state index in [-0.39, 0.29) is 11.9 Å². The number of carbonyl (C=O) groups is 1. The van der Waals surface area contributed by atoms with Gasteiger partial charge in [0.1, 0.15) is 0 Å². The van der Waals surface area contributed by atoms with Crippen LogP contribution in [0.2, 0.25) is 0 Å². The molecule has 5 nitrogen and oxygen atoms in total. The van der Waals surface area contributed by atoms with Crippen LogP contribution in [0.1, 0.15) is 41.9 Å². The van der Waals surface area contributed by atoms with Gasteiger partial charge in [-0.25, -0.2) is 0 Å². The average Bonchev–Trinajstić information content (AvgIpc) is 3.12. The number of aromatic nitrogens is 2. The third-order valence-corrected chi connectivity index (χ3v) is 3.89. The second-order valence-corrected chi connectivity index (χ2v) is 5.40. The summed E-state index contributed by atoms with van der Waals surface area (Å²) in [5, 5.41) is 7.68. The van der Waals surface area contributed by atoms with E-state index in [1.807, 2.05) is 22.7 Å². The number of carbonyl (C=O) groups excluding carboxylic acids is 1. The van der Waals surface area contributed by atoms with Crippen LogP contribution < -0.4 is 5.32 Å². The molecular weight excluding hydrogens is 228 g/mol. The highest BCUT2D eigenvalue weighted by Gasteiger charge is 2.30. The second-order valence-electron chi connectivity index (χ2n) is 5.40. The van der Waals surface area contributed by atoms with E-state index < -0.39 is 0 Å². The topological polar surface area (TPSA) is 50.2 Å². The Hall–Kier alpha value is -1.36. The van der Waals surface area contributed by atoms with Crippen molar-refractivity contribution in [2.75, 3.05) is 19.6 Å². The predicted octanol–water partition coefficient (Wildman–Crippen LogP) is 0.731. The van der Waals surface area contributed by atoms with Gasteiger partial charge < -0.3 is 10.2 Å². The molecule has 3 rings (SSSR count). The SMILES string of the molecule is C[C@@H]1CNCCN1C(=O)c1cc(C2CC2)n(C)n1. The quantitative estimate of drug-likeness (QED) is 0.839. The first-order valence-electron chi connectivity index (χ1n) is 6.72. The number of hydrogen-bond acceptors (Lipinski definition) is 3. The van der Waals surface area contributed by atoms with Crippen molar-refractivity contribution in [3.8, 4) is 0 Å². The molecule has 1 atom stereocenters. The average molecular weight is 248 g/mol. The van der Waals surface area contributed by atoms with E-state index >= 15 is 0 Å². The van der Waals surface area contributed by atoms with Crippen LogP contribution in [0.5, 0.6) is 0 Å². The van der Waals surface area contributed by atoms with Crippen LogP contribution in [0.4, 0.5) is 0 Å². The van der Waals surface area contributed by atoms with Crippen LogP contribution >= 0.6 is 0 Å². The smallest absolute Gasteiger partial charge is 0.274 e. The molecule has 1 aromatic rings. The maximum atomic E-state index is 12.4. The Bertz CT molecular complexity index is 464. The highest BCUT2D eigenvalue weighted by molar-refractivity contribution is 5.92. The zero-order chi connectivity index (χ0) is 12.7. The van der Waals surface area contributed by atoms with E-state index in [4.69, 9.17) is 0 Å². The van der Waals surface area contributed by atoms with Crippen LogP contribution in [-0.2, 0) is 7.05 Å². The zero-order valence-electron chi connectivity index (χ0n) is 11.0. The third kappa shape index (κ3) is 2.03. The van der Waals surface area contributed by atoms with Gasteiger partial charge in [-0.1, -0.05) is 0 Å². The highest BCUT2D eigenvalue weighted by atomic mass is 16.2. The van der Waals surface area contributed by atoms with Gasteiger partial charge >= 0.3 is 0 Å². The van der Waals surface area contributed by atoms with E-state index in [0.29, 0.717) is 11.6 Å². The number of nitrogens with zero attached hydrogens (tertiary/aromatic N) is 3. The predicted molar refractivity (Wildman–Crippen MR) is 68.6 cm³/mol. The molecule has 0 unspecified atom stereocenters. The lowest BCUT2D eigenvalue weighted by Gasteiger charge is -2.33. The summed E-state index contributed by atoms with van der Waals surface area (Å²) in [5.74, 6) is 0.705. The first kappa shape index (κ1) is 11.7. The van der Waals surface area contributed by atoms with Gasteiger partial charge in [-0.2, -0.15) is 5.10 Å². The van der Waals surface area contributed by atoms with Crippen molar-refractivity contribution < 1.29 is 4.79 Å². The number of rotatable bonds is 2. The summed E-state index contributed by atoms with van der Waals surface area (Å²) in [6.45, 7) is 4.59. The first-order chi connectivity index (χ1) is 8.66. The van der Waals surface area contributed by atoms with E-state index in [1.54, 1.807) is 0 Å². The molecule has 1 saturated carbocycles. The first-order valence-corrected chi connectivity index (χ1v) is 6.72. The monoisotopic (exact) mass is 248 g/mol. The molecule has 98 valence electrons. The molecule has 0 aromatic carbocycles. The van der Waals surface area contributed by atoms with E-state index in [0.717, 1.165) is 19.6 Å². The number of piperazine rings is 1. The number of hydrogen-bond donors (Lipinski definition) is 1. The second kappa shape index (κ2) is 4.39. The molecule has 2 aliphatic rings. The standard InChI is InChI=1S/C13H20N4O/c1-9-8-14-5-6-17(9)13(18)11-7-12(10-3-4-10)16(2)15-11/h7,9-10,14H,3-6,8H2,1-2H3/t9-/m1/s1. The maximum absolute atomic E-state index is 12.4. The lowest BCUT2D eigenvalue weighted by atomic mass is 10.2. The molecule has 2 fully saturated rings. The Morgan fingerprint density at radius 1 is 1.50 bits per heavy atom. The Labute approximate surface area is 107 Å². The Morgan fingerprint density at radius 2 is 2.28 bits per heavy atom. The normalized spacial score (nSPS) is 24.3. The molecule has 1 N–H and O–H groups in total. The van der Waals surface area contributed by atoms with Crippen molar-refractivity contribution in [2.45, 2.75) is 31.7 Å². The summed E-state index contributed by atoms with van der Waals surface area (Å²) in [4.78, 5) is 14.4. The van der Waals surface area contributed by atoms with Gasteiger partial charge in [-0.15, -0.1) is 0 Å². The van der Waals surface area contributed by atoms with E-state index in [1.165, 1.54) is 18.5 Å². The fourth-order valence-corrected chi connectivity index (χ4v) is 2.64. The molecule has 1 aliphatic heterocycles. The van der Waals surface area contributed by atoms with Crippen LogP contribution in [0.3, 0.4) is 0 Å².